The minimum atomic E-state index is -0.795. The van der Waals surface area contributed by atoms with Crippen LogP contribution in [0.2, 0.25) is 0 Å². The van der Waals surface area contributed by atoms with Crippen molar-refractivity contribution in [3.63, 3.8) is 0 Å². The van der Waals surface area contributed by atoms with E-state index in [1.807, 2.05) is 64.2 Å². The molecule has 5 rings (SSSR count). The third-order valence-corrected chi connectivity index (χ3v) is 8.28. The van der Waals surface area contributed by atoms with E-state index in [2.05, 4.69) is 41.6 Å². The monoisotopic (exact) mass is 638 g/mol. The number of aromatic nitrogens is 5. The molecule has 12 heteroatoms. The highest BCUT2D eigenvalue weighted by Gasteiger charge is 2.30. The average Bonchev–Trinajstić information content (AvgIpc) is 3.59. The number of benzene rings is 2. The van der Waals surface area contributed by atoms with Gasteiger partial charge in [-0.15, -0.1) is 10.2 Å². The maximum absolute atomic E-state index is 13.7. The van der Waals surface area contributed by atoms with Crippen LogP contribution in [0.15, 0.2) is 67.0 Å². The zero-order valence-corrected chi connectivity index (χ0v) is 27.2. The van der Waals surface area contributed by atoms with Crippen molar-refractivity contribution in [2.75, 3.05) is 11.9 Å². The minimum Gasteiger partial charge on any atom is -0.444 e. The van der Waals surface area contributed by atoms with Crippen LogP contribution in [0, 0.1) is 18.8 Å². The van der Waals surface area contributed by atoms with Gasteiger partial charge in [-0.25, -0.2) is 4.79 Å². The molecule has 0 spiro atoms. The zero-order chi connectivity index (χ0) is 33.4. The van der Waals surface area contributed by atoms with Crippen molar-refractivity contribution in [3.8, 4) is 22.5 Å². The molecule has 1 saturated carbocycles. The first-order valence-electron chi connectivity index (χ1n) is 16.0. The Morgan fingerprint density at radius 2 is 1.66 bits per heavy atom. The van der Waals surface area contributed by atoms with E-state index >= 15 is 0 Å². The number of anilines is 1. The summed E-state index contributed by atoms with van der Waals surface area (Å²) >= 11 is 0. The Balaban J connectivity index is 1.23. The molecule has 2 aromatic carbocycles. The average molecular weight is 639 g/mol. The van der Waals surface area contributed by atoms with Gasteiger partial charge in [0.05, 0.1) is 0 Å². The zero-order valence-electron chi connectivity index (χ0n) is 27.2. The topological polar surface area (TPSA) is 164 Å². The lowest BCUT2D eigenvalue weighted by molar-refractivity contribution is -0.130. The van der Waals surface area contributed by atoms with Crippen LogP contribution < -0.4 is 16.0 Å². The molecule has 1 aliphatic carbocycles. The number of aryl methyl sites for hydroxylation is 1. The molecule has 0 aliphatic heterocycles. The summed E-state index contributed by atoms with van der Waals surface area (Å²) in [6.07, 6.45) is 6.45. The number of amides is 3. The Hall–Kier alpha value is -5.13. The van der Waals surface area contributed by atoms with Crippen LogP contribution in [0.1, 0.15) is 57.6 Å². The first kappa shape index (κ1) is 33.2. The number of carbonyl (C=O) groups is 3. The van der Waals surface area contributed by atoms with E-state index in [0.29, 0.717) is 37.3 Å². The lowest BCUT2D eigenvalue weighted by atomic mass is 9.81. The van der Waals surface area contributed by atoms with Crippen molar-refractivity contribution < 1.29 is 19.1 Å². The Labute approximate surface area is 274 Å². The Bertz CT molecular complexity index is 1640. The van der Waals surface area contributed by atoms with Crippen molar-refractivity contribution in [1.82, 2.24) is 36.2 Å². The standard InChI is InChI=1S/C35H42N8O4/c1-22-17-18-36-21-29(22)25-9-5-23(6-10-25)19-30(33(45)38-28-15-13-26(14-16-28)31-40-42-43-41-31)39-32(44)27-11-7-24(8-12-27)20-37-34(46)47-35(2,3)4/h5-6,9-10,13-18,21,24,27,30H,7-8,11-12,19-20H2,1-4H3,(H,37,46)(H,38,45)(H,39,44)(H,40,41,42,43). The maximum Gasteiger partial charge on any atom is 0.407 e. The van der Waals surface area contributed by atoms with Crippen LogP contribution in [-0.4, -0.2) is 61.7 Å². The molecule has 0 saturated heterocycles. The third-order valence-electron chi connectivity index (χ3n) is 8.28. The van der Waals surface area contributed by atoms with Gasteiger partial charge in [-0.2, -0.15) is 5.21 Å². The third kappa shape index (κ3) is 9.44. The first-order valence-corrected chi connectivity index (χ1v) is 16.0. The Morgan fingerprint density at radius 3 is 2.30 bits per heavy atom. The number of tetrazole rings is 1. The highest BCUT2D eigenvalue weighted by molar-refractivity contribution is 5.97. The smallest absolute Gasteiger partial charge is 0.407 e. The quantitative estimate of drug-likeness (QED) is 0.183. The lowest BCUT2D eigenvalue weighted by Gasteiger charge is -2.29. The number of nitrogens with zero attached hydrogens (tertiary/aromatic N) is 4. The van der Waals surface area contributed by atoms with E-state index in [9.17, 15) is 14.4 Å². The van der Waals surface area contributed by atoms with E-state index in [-0.39, 0.29) is 23.7 Å². The fraction of sp³-hybridized carbons (Fsp3) is 0.400. The molecule has 12 nitrogen and oxygen atoms in total. The number of hydrogen-bond acceptors (Lipinski definition) is 8. The van der Waals surface area contributed by atoms with Crippen LogP contribution in [0.5, 0.6) is 0 Å². The van der Waals surface area contributed by atoms with E-state index in [0.717, 1.165) is 40.7 Å². The fourth-order valence-electron chi connectivity index (χ4n) is 5.71. The lowest BCUT2D eigenvalue weighted by Crippen LogP contribution is -2.48. The van der Waals surface area contributed by atoms with Crippen molar-refractivity contribution in [2.45, 2.75) is 71.4 Å². The van der Waals surface area contributed by atoms with E-state index in [1.54, 1.807) is 30.5 Å². The van der Waals surface area contributed by atoms with Gasteiger partial charge in [0.2, 0.25) is 17.6 Å². The second kappa shape index (κ2) is 15.0. The van der Waals surface area contributed by atoms with E-state index < -0.39 is 17.7 Å². The van der Waals surface area contributed by atoms with Gasteiger partial charge >= 0.3 is 6.09 Å². The van der Waals surface area contributed by atoms with Crippen LogP contribution in [0.4, 0.5) is 10.5 Å². The molecule has 47 heavy (non-hydrogen) atoms. The second-order valence-electron chi connectivity index (χ2n) is 13.1. The van der Waals surface area contributed by atoms with Gasteiger partial charge < -0.3 is 20.7 Å². The summed E-state index contributed by atoms with van der Waals surface area (Å²) in [5.74, 6) is 0.0523. The number of nitrogens with one attached hydrogen (secondary N) is 4. The summed E-state index contributed by atoms with van der Waals surface area (Å²) < 4.78 is 5.34. The number of pyridine rings is 1. The Kier molecular flexibility index (Phi) is 10.6. The maximum atomic E-state index is 13.7. The van der Waals surface area contributed by atoms with Crippen LogP contribution >= 0.6 is 0 Å². The molecule has 2 heterocycles. The van der Waals surface area contributed by atoms with E-state index in [4.69, 9.17) is 4.74 Å². The van der Waals surface area contributed by atoms with Crippen molar-refractivity contribution in [1.29, 1.82) is 0 Å². The molecule has 3 amide bonds. The highest BCUT2D eigenvalue weighted by Crippen LogP contribution is 2.29. The number of ether oxygens (including phenoxy) is 1. The molecular formula is C35H42N8O4. The molecule has 0 bridgehead atoms. The van der Waals surface area contributed by atoms with Crippen molar-refractivity contribution in [2.24, 2.45) is 11.8 Å². The fourth-order valence-corrected chi connectivity index (χ4v) is 5.71. The molecule has 0 radical (unpaired) electrons. The van der Waals surface area contributed by atoms with Gasteiger partial charge in [-0.1, -0.05) is 24.3 Å². The van der Waals surface area contributed by atoms with Crippen molar-refractivity contribution >= 4 is 23.6 Å². The van der Waals surface area contributed by atoms with Crippen LogP contribution in [0.25, 0.3) is 22.5 Å². The summed E-state index contributed by atoms with van der Waals surface area (Å²) in [4.78, 5) is 43.5. The summed E-state index contributed by atoms with van der Waals surface area (Å²) in [5, 5.41) is 22.8. The second-order valence-corrected chi connectivity index (χ2v) is 13.1. The number of aromatic amines is 1. The van der Waals surface area contributed by atoms with Crippen LogP contribution in [-0.2, 0) is 20.7 Å². The number of alkyl carbamates (subject to hydrolysis) is 1. The molecule has 2 aromatic heterocycles. The first-order chi connectivity index (χ1) is 22.5. The van der Waals surface area contributed by atoms with E-state index in [1.165, 1.54) is 0 Å². The largest absolute Gasteiger partial charge is 0.444 e. The van der Waals surface area contributed by atoms with Gasteiger partial charge in [0.1, 0.15) is 11.6 Å². The number of hydrogen-bond donors (Lipinski definition) is 4. The van der Waals surface area contributed by atoms with Gasteiger partial charge in [0, 0.05) is 48.1 Å². The van der Waals surface area contributed by atoms with Crippen molar-refractivity contribution in [3.05, 3.63) is 78.1 Å². The van der Waals surface area contributed by atoms with Gasteiger partial charge in [-0.3, -0.25) is 14.6 Å². The summed E-state index contributed by atoms with van der Waals surface area (Å²) in [6.45, 7) is 8.04. The highest BCUT2D eigenvalue weighted by atomic mass is 16.6. The molecule has 1 atom stereocenters. The summed E-state index contributed by atoms with van der Waals surface area (Å²) in [5.41, 5.74) is 4.90. The molecule has 1 aliphatic rings. The Morgan fingerprint density at radius 1 is 0.957 bits per heavy atom. The molecule has 1 fully saturated rings. The normalized spacial score (nSPS) is 16.9. The molecule has 246 valence electrons. The number of rotatable bonds is 10. The molecule has 4 N–H and O–H groups in total. The predicted molar refractivity (Wildman–Crippen MR) is 178 cm³/mol. The summed E-state index contributed by atoms with van der Waals surface area (Å²) in [7, 11) is 0. The van der Waals surface area contributed by atoms with Gasteiger partial charge in [0.25, 0.3) is 0 Å². The number of H-pyrrole nitrogens is 1. The van der Waals surface area contributed by atoms with Gasteiger partial charge in [0.15, 0.2) is 0 Å². The van der Waals surface area contributed by atoms with Gasteiger partial charge in [-0.05, 0) is 112 Å². The van der Waals surface area contributed by atoms with Crippen LogP contribution in [0.3, 0.4) is 0 Å². The molecule has 4 aromatic rings. The molecule has 1 unspecified atom stereocenters. The SMILES string of the molecule is Cc1ccncc1-c1ccc(CC(NC(=O)C2CCC(CNC(=O)OC(C)(C)C)CC2)C(=O)Nc2ccc(-c3nn[nH]n3)cc2)cc1. The predicted octanol–water partition coefficient (Wildman–Crippen LogP) is 5.23. The summed E-state index contributed by atoms with van der Waals surface area (Å²) in [6, 6.07) is 16.3. The minimum absolute atomic E-state index is 0.140. The number of carbonyl (C=O) groups excluding carboxylic acids is 3. The molecular weight excluding hydrogens is 596 g/mol.